The molecule has 0 saturated heterocycles. The van der Waals surface area contributed by atoms with Crippen molar-refractivity contribution in [2.24, 2.45) is 5.73 Å². The highest BCUT2D eigenvalue weighted by Gasteiger charge is 1.99. The lowest BCUT2D eigenvalue weighted by molar-refractivity contribution is 0.0572. The molecule has 0 aliphatic carbocycles. The van der Waals surface area contributed by atoms with Crippen LogP contribution in [0.5, 0.6) is 0 Å². The Kier molecular flexibility index (Phi) is 7.45. The van der Waals surface area contributed by atoms with Crippen molar-refractivity contribution in [2.75, 3.05) is 33.8 Å². The Balaban J connectivity index is 3.08. The largest absolute Gasteiger partial charge is 0.378 e. The van der Waals surface area contributed by atoms with Crippen molar-refractivity contribution >= 4 is 0 Å². The summed E-state index contributed by atoms with van der Waals surface area (Å²) in [5.74, 6) is 0. The third-order valence-electron chi connectivity index (χ3n) is 1.73. The molecule has 0 aromatic heterocycles. The number of hydrogen-bond acceptors (Lipinski definition) is 3. The standard InChI is InChI=1S/C9H22N2O/c1-9(5-6-10)12-8-4-7-11(2)3/h9H,4-8,10H2,1-3H3. The lowest BCUT2D eigenvalue weighted by Crippen LogP contribution is -2.18. The van der Waals surface area contributed by atoms with Gasteiger partial charge in [0, 0.05) is 6.61 Å². The second-order valence-corrected chi connectivity index (χ2v) is 3.42. The average molecular weight is 174 g/mol. The first-order chi connectivity index (χ1) is 5.66. The topological polar surface area (TPSA) is 38.5 Å². The molecule has 0 amide bonds. The van der Waals surface area contributed by atoms with E-state index >= 15 is 0 Å². The fourth-order valence-corrected chi connectivity index (χ4v) is 0.983. The molecule has 0 bridgehead atoms. The zero-order valence-electron chi connectivity index (χ0n) is 8.55. The van der Waals surface area contributed by atoms with Gasteiger partial charge in [0.1, 0.15) is 0 Å². The smallest absolute Gasteiger partial charge is 0.0559 e. The molecule has 3 heteroatoms. The molecule has 74 valence electrons. The van der Waals surface area contributed by atoms with Crippen LogP contribution in [0.15, 0.2) is 0 Å². The minimum absolute atomic E-state index is 0.317. The van der Waals surface area contributed by atoms with E-state index in [1.807, 2.05) is 0 Å². The van der Waals surface area contributed by atoms with Gasteiger partial charge in [0.15, 0.2) is 0 Å². The summed E-state index contributed by atoms with van der Waals surface area (Å²) >= 11 is 0. The Morgan fingerprint density at radius 3 is 2.58 bits per heavy atom. The van der Waals surface area contributed by atoms with E-state index in [9.17, 15) is 0 Å². The second kappa shape index (κ2) is 7.53. The van der Waals surface area contributed by atoms with Gasteiger partial charge in [0.05, 0.1) is 6.10 Å². The molecule has 1 unspecified atom stereocenters. The van der Waals surface area contributed by atoms with Crippen LogP contribution in [-0.2, 0) is 4.74 Å². The molecule has 0 spiro atoms. The molecule has 3 nitrogen and oxygen atoms in total. The van der Waals surface area contributed by atoms with E-state index in [1.54, 1.807) is 0 Å². The lowest BCUT2D eigenvalue weighted by atomic mass is 10.3. The Labute approximate surface area is 75.9 Å². The van der Waals surface area contributed by atoms with Crippen LogP contribution < -0.4 is 5.73 Å². The van der Waals surface area contributed by atoms with E-state index in [1.165, 1.54) is 0 Å². The van der Waals surface area contributed by atoms with Gasteiger partial charge < -0.3 is 15.4 Å². The Bertz CT molecular complexity index is 96.5. The van der Waals surface area contributed by atoms with Gasteiger partial charge in [-0.1, -0.05) is 0 Å². The molecule has 0 aromatic carbocycles. The molecular formula is C9H22N2O. The van der Waals surface area contributed by atoms with Crippen LogP contribution in [0, 0.1) is 0 Å². The molecular weight excluding hydrogens is 152 g/mol. The summed E-state index contributed by atoms with van der Waals surface area (Å²) in [6.45, 7) is 4.73. The first-order valence-corrected chi connectivity index (χ1v) is 4.63. The normalized spacial score (nSPS) is 13.8. The third-order valence-corrected chi connectivity index (χ3v) is 1.73. The second-order valence-electron chi connectivity index (χ2n) is 3.42. The third kappa shape index (κ3) is 7.98. The van der Waals surface area contributed by atoms with E-state index in [4.69, 9.17) is 10.5 Å². The molecule has 0 radical (unpaired) electrons. The quantitative estimate of drug-likeness (QED) is 0.577. The van der Waals surface area contributed by atoms with Crippen molar-refractivity contribution in [3.8, 4) is 0 Å². The van der Waals surface area contributed by atoms with Gasteiger partial charge in [-0.15, -0.1) is 0 Å². The number of rotatable bonds is 7. The zero-order valence-corrected chi connectivity index (χ0v) is 8.55. The van der Waals surface area contributed by atoms with Crippen LogP contribution in [0.3, 0.4) is 0 Å². The highest BCUT2D eigenvalue weighted by atomic mass is 16.5. The first kappa shape index (κ1) is 11.9. The van der Waals surface area contributed by atoms with Crippen molar-refractivity contribution in [1.82, 2.24) is 4.90 Å². The molecule has 0 heterocycles. The van der Waals surface area contributed by atoms with E-state index in [0.717, 1.165) is 32.5 Å². The monoisotopic (exact) mass is 174 g/mol. The van der Waals surface area contributed by atoms with E-state index in [2.05, 4.69) is 25.9 Å². The molecule has 0 fully saturated rings. The summed E-state index contributed by atoms with van der Waals surface area (Å²) in [5, 5.41) is 0. The maximum atomic E-state index is 5.53. The van der Waals surface area contributed by atoms with Crippen molar-refractivity contribution in [3.05, 3.63) is 0 Å². The Hall–Kier alpha value is -0.120. The fraction of sp³-hybridized carbons (Fsp3) is 1.00. The van der Waals surface area contributed by atoms with E-state index in [-0.39, 0.29) is 0 Å². The Morgan fingerprint density at radius 1 is 1.42 bits per heavy atom. The van der Waals surface area contributed by atoms with Crippen LogP contribution in [0.25, 0.3) is 0 Å². The average Bonchev–Trinajstić information content (AvgIpc) is 1.98. The van der Waals surface area contributed by atoms with E-state index in [0.29, 0.717) is 6.10 Å². The molecule has 0 aliphatic heterocycles. The number of hydrogen-bond donors (Lipinski definition) is 1. The van der Waals surface area contributed by atoms with Crippen LogP contribution in [0.4, 0.5) is 0 Å². The van der Waals surface area contributed by atoms with Crippen LogP contribution >= 0.6 is 0 Å². The van der Waals surface area contributed by atoms with Crippen molar-refractivity contribution < 1.29 is 4.74 Å². The maximum Gasteiger partial charge on any atom is 0.0559 e. The number of nitrogens with two attached hydrogens (primary N) is 1. The van der Waals surface area contributed by atoms with Gasteiger partial charge in [0.25, 0.3) is 0 Å². The van der Waals surface area contributed by atoms with Crippen LogP contribution in [0.1, 0.15) is 19.8 Å². The summed E-state index contributed by atoms with van der Waals surface area (Å²) in [6, 6.07) is 0. The number of ether oxygens (including phenoxy) is 1. The van der Waals surface area contributed by atoms with Gasteiger partial charge in [-0.25, -0.2) is 0 Å². The fourth-order valence-electron chi connectivity index (χ4n) is 0.983. The van der Waals surface area contributed by atoms with Crippen molar-refractivity contribution in [3.63, 3.8) is 0 Å². The number of nitrogens with zero attached hydrogens (tertiary/aromatic N) is 1. The predicted molar refractivity (Wildman–Crippen MR) is 52.3 cm³/mol. The molecule has 0 aliphatic rings. The zero-order chi connectivity index (χ0) is 9.40. The lowest BCUT2D eigenvalue weighted by Gasteiger charge is -2.13. The highest BCUT2D eigenvalue weighted by Crippen LogP contribution is 1.96. The van der Waals surface area contributed by atoms with Crippen LogP contribution in [-0.4, -0.2) is 44.8 Å². The summed E-state index contributed by atoms with van der Waals surface area (Å²) in [6.07, 6.45) is 2.38. The summed E-state index contributed by atoms with van der Waals surface area (Å²) in [5.41, 5.74) is 5.39. The van der Waals surface area contributed by atoms with Crippen molar-refractivity contribution in [2.45, 2.75) is 25.9 Å². The van der Waals surface area contributed by atoms with Crippen LogP contribution in [0.2, 0.25) is 0 Å². The molecule has 0 saturated carbocycles. The van der Waals surface area contributed by atoms with Gasteiger partial charge in [0.2, 0.25) is 0 Å². The van der Waals surface area contributed by atoms with Gasteiger partial charge in [-0.05, 0) is 47.0 Å². The highest BCUT2D eigenvalue weighted by molar-refractivity contribution is 4.51. The molecule has 0 aromatic rings. The van der Waals surface area contributed by atoms with Crippen molar-refractivity contribution in [1.29, 1.82) is 0 Å². The summed E-state index contributed by atoms with van der Waals surface area (Å²) < 4.78 is 5.53. The van der Waals surface area contributed by atoms with Gasteiger partial charge in [-0.3, -0.25) is 0 Å². The molecule has 1 atom stereocenters. The predicted octanol–water partition coefficient (Wildman–Crippen LogP) is 0.692. The maximum absolute atomic E-state index is 5.53. The minimum atomic E-state index is 0.317. The van der Waals surface area contributed by atoms with Gasteiger partial charge in [-0.2, -0.15) is 0 Å². The SMILES string of the molecule is CC(CCN)OCCCN(C)C. The molecule has 2 N–H and O–H groups in total. The summed E-state index contributed by atoms with van der Waals surface area (Å²) in [7, 11) is 4.15. The van der Waals surface area contributed by atoms with E-state index < -0.39 is 0 Å². The first-order valence-electron chi connectivity index (χ1n) is 4.63. The molecule has 0 rings (SSSR count). The minimum Gasteiger partial charge on any atom is -0.378 e. The van der Waals surface area contributed by atoms with Gasteiger partial charge >= 0.3 is 0 Å². The molecule has 12 heavy (non-hydrogen) atoms. The Morgan fingerprint density at radius 2 is 2.08 bits per heavy atom. The summed E-state index contributed by atoms with van der Waals surface area (Å²) in [4.78, 5) is 2.16.